The number of carbonyl (C=O) groups is 1. The van der Waals surface area contributed by atoms with Crippen molar-refractivity contribution in [2.75, 3.05) is 19.5 Å². The lowest BCUT2D eigenvalue weighted by Crippen LogP contribution is -2.11. The highest BCUT2D eigenvalue weighted by atomic mass is 16.5. The number of nitrogens with one attached hydrogen (secondary N) is 1. The minimum atomic E-state index is -0.345. The monoisotopic (exact) mass is 234 g/mol. The van der Waals surface area contributed by atoms with E-state index >= 15 is 0 Å². The number of anilines is 1. The van der Waals surface area contributed by atoms with Gasteiger partial charge in [-0.15, -0.1) is 0 Å². The van der Waals surface area contributed by atoms with Crippen LogP contribution < -0.4 is 14.8 Å². The van der Waals surface area contributed by atoms with E-state index in [1.165, 1.54) is 7.11 Å². The standard InChI is InChI=1S/C12H14N2O3/c1-8-6-10(16-2)11(17-3)7-9(8)14-12(15)4-5-13/h6-7H,4H2,1-3H3,(H,14,15). The number of rotatable bonds is 4. The van der Waals surface area contributed by atoms with Crippen LogP contribution in [0, 0.1) is 18.3 Å². The molecule has 0 atom stereocenters. The van der Waals surface area contributed by atoms with Crippen LogP contribution in [0.4, 0.5) is 5.69 Å². The summed E-state index contributed by atoms with van der Waals surface area (Å²) in [7, 11) is 3.07. The Morgan fingerprint density at radius 3 is 2.47 bits per heavy atom. The highest BCUT2D eigenvalue weighted by Gasteiger charge is 2.10. The van der Waals surface area contributed by atoms with Crippen molar-refractivity contribution >= 4 is 11.6 Å². The van der Waals surface area contributed by atoms with Gasteiger partial charge < -0.3 is 14.8 Å². The molecule has 0 aliphatic heterocycles. The van der Waals surface area contributed by atoms with Gasteiger partial charge in [0.2, 0.25) is 5.91 Å². The Balaban J connectivity index is 3.01. The molecule has 1 amide bonds. The van der Waals surface area contributed by atoms with Crippen LogP contribution in [0.5, 0.6) is 11.5 Å². The fourth-order valence-electron chi connectivity index (χ4n) is 1.38. The second kappa shape index (κ2) is 5.75. The zero-order valence-corrected chi connectivity index (χ0v) is 10.0. The Morgan fingerprint density at radius 2 is 1.94 bits per heavy atom. The normalized spacial score (nSPS) is 9.29. The van der Waals surface area contributed by atoms with E-state index in [0.717, 1.165) is 5.56 Å². The lowest BCUT2D eigenvalue weighted by atomic mass is 10.1. The maximum absolute atomic E-state index is 11.3. The summed E-state index contributed by atoms with van der Waals surface area (Å²) in [6.45, 7) is 1.84. The summed E-state index contributed by atoms with van der Waals surface area (Å²) in [6, 6.07) is 5.23. The van der Waals surface area contributed by atoms with E-state index in [1.807, 2.05) is 6.92 Å². The third kappa shape index (κ3) is 3.11. The van der Waals surface area contributed by atoms with Crippen LogP contribution in [0.25, 0.3) is 0 Å². The highest BCUT2D eigenvalue weighted by Crippen LogP contribution is 2.32. The van der Waals surface area contributed by atoms with Crippen LogP contribution in [0.15, 0.2) is 12.1 Å². The molecular weight excluding hydrogens is 220 g/mol. The van der Waals surface area contributed by atoms with Gasteiger partial charge in [-0.1, -0.05) is 0 Å². The lowest BCUT2D eigenvalue weighted by Gasteiger charge is -2.12. The van der Waals surface area contributed by atoms with Gasteiger partial charge in [0, 0.05) is 11.8 Å². The molecule has 0 saturated heterocycles. The maximum atomic E-state index is 11.3. The number of amides is 1. The smallest absolute Gasteiger partial charge is 0.238 e. The second-order valence-corrected chi connectivity index (χ2v) is 3.41. The first-order valence-corrected chi connectivity index (χ1v) is 5.01. The Bertz CT molecular complexity index is 464. The van der Waals surface area contributed by atoms with E-state index in [9.17, 15) is 4.79 Å². The number of benzene rings is 1. The molecule has 1 N–H and O–H groups in total. The molecule has 0 spiro atoms. The zero-order chi connectivity index (χ0) is 12.8. The number of methoxy groups -OCH3 is 2. The van der Waals surface area contributed by atoms with Crippen molar-refractivity contribution < 1.29 is 14.3 Å². The van der Waals surface area contributed by atoms with Gasteiger partial charge in [-0.05, 0) is 18.6 Å². The summed E-state index contributed by atoms with van der Waals surface area (Å²) in [5.41, 5.74) is 1.46. The van der Waals surface area contributed by atoms with E-state index in [-0.39, 0.29) is 12.3 Å². The molecule has 1 aromatic carbocycles. The van der Waals surface area contributed by atoms with E-state index in [2.05, 4.69) is 5.32 Å². The van der Waals surface area contributed by atoms with Gasteiger partial charge >= 0.3 is 0 Å². The van der Waals surface area contributed by atoms with Crippen LogP contribution in [-0.2, 0) is 4.79 Å². The number of ether oxygens (including phenoxy) is 2. The van der Waals surface area contributed by atoms with Crippen LogP contribution in [0.3, 0.4) is 0 Å². The summed E-state index contributed by atoms with van der Waals surface area (Å²) in [4.78, 5) is 11.3. The molecule has 0 heterocycles. The highest BCUT2D eigenvalue weighted by molar-refractivity contribution is 5.93. The van der Waals surface area contributed by atoms with Crippen molar-refractivity contribution in [3.8, 4) is 17.6 Å². The summed E-state index contributed by atoms with van der Waals surface area (Å²) in [6.07, 6.45) is -0.173. The number of carbonyl (C=O) groups excluding carboxylic acids is 1. The first-order valence-electron chi connectivity index (χ1n) is 5.01. The molecular formula is C12H14N2O3. The fraction of sp³-hybridized carbons (Fsp3) is 0.333. The Hall–Kier alpha value is -2.22. The minimum Gasteiger partial charge on any atom is -0.493 e. The molecule has 0 radical (unpaired) electrons. The molecule has 0 saturated carbocycles. The summed E-state index contributed by atoms with van der Waals surface area (Å²) >= 11 is 0. The van der Waals surface area contributed by atoms with Gasteiger partial charge in [-0.25, -0.2) is 0 Å². The first-order chi connectivity index (χ1) is 8.12. The molecule has 5 heteroatoms. The summed E-state index contributed by atoms with van der Waals surface area (Å²) in [5.74, 6) is 0.788. The Morgan fingerprint density at radius 1 is 1.35 bits per heavy atom. The van der Waals surface area contributed by atoms with Crippen molar-refractivity contribution in [2.24, 2.45) is 0 Å². The largest absolute Gasteiger partial charge is 0.493 e. The van der Waals surface area contributed by atoms with Crippen molar-refractivity contribution in [3.05, 3.63) is 17.7 Å². The number of hydrogen-bond acceptors (Lipinski definition) is 4. The number of nitrogens with zero attached hydrogens (tertiary/aromatic N) is 1. The number of hydrogen-bond donors (Lipinski definition) is 1. The van der Waals surface area contributed by atoms with Gasteiger partial charge in [-0.2, -0.15) is 5.26 Å². The van der Waals surface area contributed by atoms with Gasteiger partial charge in [0.1, 0.15) is 6.42 Å². The van der Waals surface area contributed by atoms with Crippen LogP contribution >= 0.6 is 0 Å². The molecule has 0 aliphatic carbocycles. The van der Waals surface area contributed by atoms with Crippen molar-refractivity contribution in [3.63, 3.8) is 0 Å². The molecule has 0 fully saturated rings. The predicted molar refractivity (Wildman–Crippen MR) is 63.1 cm³/mol. The molecule has 1 rings (SSSR count). The van der Waals surface area contributed by atoms with E-state index in [0.29, 0.717) is 17.2 Å². The quantitative estimate of drug-likeness (QED) is 0.863. The molecule has 0 aromatic heterocycles. The Kier molecular flexibility index (Phi) is 4.35. The molecule has 0 aliphatic rings. The van der Waals surface area contributed by atoms with Gasteiger partial charge in [0.15, 0.2) is 11.5 Å². The van der Waals surface area contributed by atoms with E-state index in [1.54, 1.807) is 25.3 Å². The number of nitriles is 1. The van der Waals surface area contributed by atoms with Crippen molar-refractivity contribution in [2.45, 2.75) is 13.3 Å². The Labute approximate surface area is 100.0 Å². The first kappa shape index (κ1) is 12.8. The molecule has 17 heavy (non-hydrogen) atoms. The molecule has 1 aromatic rings. The van der Waals surface area contributed by atoms with Crippen LogP contribution in [0.2, 0.25) is 0 Å². The van der Waals surface area contributed by atoms with Crippen molar-refractivity contribution in [1.82, 2.24) is 0 Å². The summed E-state index contributed by atoms with van der Waals surface area (Å²) < 4.78 is 10.3. The average molecular weight is 234 g/mol. The lowest BCUT2D eigenvalue weighted by molar-refractivity contribution is -0.115. The minimum absolute atomic E-state index is 0.173. The predicted octanol–water partition coefficient (Wildman–Crippen LogP) is 1.86. The van der Waals surface area contributed by atoms with Crippen molar-refractivity contribution in [1.29, 1.82) is 5.26 Å². The second-order valence-electron chi connectivity index (χ2n) is 3.41. The fourth-order valence-corrected chi connectivity index (χ4v) is 1.38. The molecule has 5 nitrogen and oxygen atoms in total. The van der Waals surface area contributed by atoms with Gasteiger partial charge in [0.05, 0.1) is 20.3 Å². The van der Waals surface area contributed by atoms with Crippen LogP contribution in [0.1, 0.15) is 12.0 Å². The molecule has 90 valence electrons. The third-order valence-electron chi connectivity index (χ3n) is 2.24. The third-order valence-corrected chi connectivity index (χ3v) is 2.24. The van der Waals surface area contributed by atoms with E-state index in [4.69, 9.17) is 14.7 Å². The maximum Gasteiger partial charge on any atom is 0.238 e. The van der Waals surface area contributed by atoms with Gasteiger partial charge in [0.25, 0.3) is 0 Å². The molecule has 0 bridgehead atoms. The summed E-state index contributed by atoms with van der Waals surface area (Å²) in [5, 5.41) is 11.1. The van der Waals surface area contributed by atoms with Gasteiger partial charge in [-0.3, -0.25) is 4.79 Å². The molecule has 0 unspecified atom stereocenters. The SMILES string of the molecule is COc1cc(C)c(NC(=O)CC#N)cc1OC. The van der Waals surface area contributed by atoms with Crippen LogP contribution in [-0.4, -0.2) is 20.1 Å². The topological polar surface area (TPSA) is 71.3 Å². The number of aryl methyl sites for hydroxylation is 1. The average Bonchev–Trinajstić information content (AvgIpc) is 2.31. The zero-order valence-electron chi connectivity index (χ0n) is 10.0. The van der Waals surface area contributed by atoms with E-state index < -0.39 is 0 Å².